The molecule has 26 heavy (non-hydrogen) atoms. The lowest BCUT2D eigenvalue weighted by atomic mass is 10.1. The molecule has 1 rings (SSSR count). The molecular formula is C17H30N4O4S. The summed E-state index contributed by atoms with van der Waals surface area (Å²) in [6.07, 6.45) is 1.14. The van der Waals surface area contributed by atoms with Crippen LogP contribution in [0.15, 0.2) is 23.2 Å². The molecular weight excluding hydrogens is 356 g/mol. The maximum Gasteiger partial charge on any atom is 0.209 e. The fourth-order valence-corrected chi connectivity index (χ4v) is 3.57. The van der Waals surface area contributed by atoms with Crippen LogP contribution in [-0.4, -0.2) is 54.0 Å². The van der Waals surface area contributed by atoms with Gasteiger partial charge < -0.3 is 20.1 Å². The second kappa shape index (κ2) is 9.09. The number of sulfonamides is 1. The highest BCUT2D eigenvalue weighted by molar-refractivity contribution is 7.88. The smallest absolute Gasteiger partial charge is 0.209 e. The van der Waals surface area contributed by atoms with Crippen LogP contribution in [0.25, 0.3) is 0 Å². The molecule has 0 aromatic heterocycles. The summed E-state index contributed by atoms with van der Waals surface area (Å²) in [6, 6.07) is 5.47. The van der Waals surface area contributed by atoms with Gasteiger partial charge in [-0.25, -0.2) is 13.1 Å². The van der Waals surface area contributed by atoms with Crippen LogP contribution in [0, 0.1) is 0 Å². The predicted molar refractivity (Wildman–Crippen MR) is 105 cm³/mol. The molecule has 0 aliphatic rings. The first-order valence-electron chi connectivity index (χ1n) is 8.19. The summed E-state index contributed by atoms with van der Waals surface area (Å²) in [6.45, 7) is 5.93. The molecule has 0 radical (unpaired) electrons. The number of rotatable bonds is 8. The van der Waals surface area contributed by atoms with E-state index in [9.17, 15) is 8.42 Å². The van der Waals surface area contributed by atoms with Crippen molar-refractivity contribution in [2.24, 2.45) is 4.99 Å². The number of ether oxygens (including phenoxy) is 2. The summed E-state index contributed by atoms with van der Waals surface area (Å²) in [4.78, 5) is 4.20. The zero-order valence-electron chi connectivity index (χ0n) is 16.5. The Labute approximate surface area is 156 Å². The Hall–Kier alpha value is -2.00. The largest absolute Gasteiger partial charge is 0.497 e. The third kappa shape index (κ3) is 7.09. The van der Waals surface area contributed by atoms with Gasteiger partial charge in [-0.2, -0.15) is 0 Å². The number of nitrogens with one attached hydrogen (secondary N) is 3. The van der Waals surface area contributed by atoms with E-state index in [2.05, 4.69) is 20.3 Å². The highest BCUT2D eigenvalue weighted by Crippen LogP contribution is 2.29. The van der Waals surface area contributed by atoms with Crippen LogP contribution < -0.4 is 24.8 Å². The monoisotopic (exact) mass is 386 g/mol. The molecule has 8 nitrogen and oxygen atoms in total. The molecule has 1 aromatic carbocycles. The number of aliphatic imine (C=N–C) groups is 1. The van der Waals surface area contributed by atoms with Gasteiger partial charge in [0, 0.05) is 24.7 Å². The normalized spacial score (nSPS) is 13.9. The Morgan fingerprint density at radius 1 is 1.27 bits per heavy atom. The first-order valence-corrected chi connectivity index (χ1v) is 10.1. The van der Waals surface area contributed by atoms with Crippen LogP contribution >= 0.6 is 0 Å². The number of hydrogen-bond acceptors (Lipinski definition) is 5. The van der Waals surface area contributed by atoms with E-state index >= 15 is 0 Å². The first-order chi connectivity index (χ1) is 12.0. The van der Waals surface area contributed by atoms with Crippen LogP contribution in [0.4, 0.5) is 0 Å². The number of methoxy groups -OCH3 is 2. The average Bonchev–Trinajstić information content (AvgIpc) is 2.55. The zero-order valence-corrected chi connectivity index (χ0v) is 17.3. The van der Waals surface area contributed by atoms with Gasteiger partial charge in [0.05, 0.1) is 26.5 Å². The zero-order chi connectivity index (χ0) is 20.0. The first kappa shape index (κ1) is 22.0. The topological polar surface area (TPSA) is 101 Å². The Kier molecular flexibility index (Phi) is 7.70. The average molecular weight is 387 g/mol. The van der Waals surface area contributed by atoms with Gasteiger partial charge in [0.2, 0.25) is 10.0 Å². The lowest BCUT2D eigenvalue weighted by Crippen LogP contribution is -2.53. The summed E-state index contributed by atoms with van der Waals surface area (Å²) in [5, 5.41) is 6.41. The Bertz CT molecular complexity index is 732. The van der Waals surface area contributed by atoms with Crippen LogP contribution in [0.2, 0.25) is 0 Å². The summed E-state index contributed by atoms with van der Waals surface area (Å²) >= 11 is 0. The summed E-state index contributed by atoms with van der Waals surface area (Å²) in [5.41, 5.74) is 0.255. The highest BCUT2D eigenvalue weighted by Gasteiger charge is 2.23. The van der Waals surface area contributed by atoms with Crippen molar-refractivity contribution in [2.75, 3.05) is 34.1 Å². The van der Waals surface area contributed by atoms with Gasteiger partial charge in [-0.15, -0.1) is 0 Å². The molecule has 0 saturated heterocycles. The molecule has 0 aliphatic heterocycles. The number of benzene rings is 1. The molecule has 0 spiro atoms. The molecule has 1 unspecified atom stereocenters. The number of hydrogen-bond donors (Lipinski definition) is 3. The van der Waals surface area contributed by atoms with E-state index in [0.717, 1.165) is 23.3 Å². The number of guanidine groups is 1. The fraction of sp³-hybridized carbons (Fsp3) is 0.588. The van der Waals surface area contributed by atoms with Crippen molar-refractivity contribution in [1.29, 1.82) is 0 Å². The van der Waals surface area contributed by atoms with E-state index < -0.39 is 15.6 Å². The Morgan fingerprint density at radius 3 is 2.42 bits per heavy atom. The van der Waals surface area contributed by atoms with Gasteiger partial charge >= 0.3 is 0 Å². The van der Waals surface area contributed by atoms with Gasteiger partial charge in [-0.3, -0.25) is 4.99 Å². The molecule has 148 valence electrons. The van der Waals surface area contributed by atoms with Crippen molar-refractivity contribution in [3.8, 4) is 11.5 Å². The second-order valence-corrected chi connectivity index (χ2v) is 8.41. The van der Waals surface area contributed by atoms with E-state index in [1.54, 1.807) is 35.1 Å². The van der Waals surface area contributed by atoms with E-state index in [1.807, 2.05) is 25.1 Å². The van der Waals surface area contributed by atoms with E-state index in [1.165, 1.54) is 0 Å². The molecule has 0 heterocycles. The molecule has 3 N–H and O–H groups in total. The van der Waals surface area contributed by atoms with Gasteiger partial charge in [-0.05, 0) is 39.0 Å². The molecule has 0 amide bonds. The van der Waals surface area contributed by atoms with Gasteiger partial charge in [0.1, 0.15) is 11.5 Å². The molecule has 0 fully saturated rings. The van der Waals surface area contributed by atoms with Crippen LogP contribution in [-0.2, 0) is 10.0 Å². The lowest BCUT2D eigenvalue weighted by Gasteiger charge is -2.27. The third-order valence-corrected chi connectivity index (χ3v) is 4.56. The summed E-state index contributed by atoms with van der Waals surface area (Å²) < 4.78 is 36.2. The quantitative estimate of drug-likeness (QED) is 0.459. The van der Waals surface area contributed by atoms with Crippen LogP contribution in [0.3, 0.4) is 0 Å². The molecule has 0 bridgehead atoms. The maximum atomic E-state index is 11.4. The molecule has 0 aliphatic carbocycles. The van der Waals surface area contributed by atoms with Crippen molar-refractivity contribution >= 4 is 16.0 Å². The predicted octanol–water partition coefficient (Wildman–Crippen LogP) is 1.26. The van der Waals surface area contributed by atoms with Crippen molar-refractivity contribution in [2.45, 2.75) is 32.4 Å². The third-order valence-electron chi connectivity index (χ3n) is 3.64. The summed E-state index contributed by atoms with van der Waals surface area (Å²) in [5.74, 6) is 2.02. The minimum atomic E-state index is -3.30. The SMILES string of the molecule is CN=C(NCC(C)(C)NS(C)(=O)=O)NC(C)c1cc(OC)ccc1OC. The molecule has 1 atom stereocenters. The van der Waals surface area contributed by atoms with E-state index in [4.69, 9.17) is 9.47 Å². The van der Waals surface area contributed by atoms with Gasteiger partial charge in [-0.1, -0.05) is 0 Å². The number of nitrogens with zero attached hydrogens (tertiary/aromatic N) is 1. The van der Waals surface area contributed by atoms with E-state index in [0.29, 0.717) is 12.5 Å². The van der Waals surface area contributed by atoms with Crippen LogP contribution in [0.1, 0.15) is 32.4 Å². The van der Waals surface area contributed by atoms with E-state index in [-0.39, 0.29) is 6.04 Å². The van der Waals surface area contributed by atoms with Crippen molar-refractivity contribution < 1.29 is 17.9 Å². The minimum absolute atomic E-state index is 0.114. The lowest BCUT2D eigenvalue weighted by molar-refractivity contribution is 0.394. The van der Waals surface area contributed by atoms with Crippen molar-refractivity contribution in [3.63, 3.8) is 0 Å². The molecule has 1 aromatic rings. The van der Waals surface area contributed by atoms with Crippen LogP contribution in [0.5, 0.6) is 11.5 Å². The van der Waals surface area contributed by atoms with Gasteiger partial charge in [0.25, 0.3) is 0 Å². The highest BCUT2D eigenvalue weighted by atomic mass is 32.2. The van der Waals surface area contributed by atoms with Crippen molar-refractivity contribution in [3.05, 3.63) is 23.8 Å². The molecule has 9 heteroatoms. The second-order valence-electron chi connectivity index (χ2n) is 6.66. The minimum Gasteiger partial charge on any atom is -0.497 e. The molecule has 0 saturated carbocycles. The Morgan fingerprint density at radius 2 is 1.92 bits per heavy atom. The summed E-state index contributed by atoms with van der Waals surface area (Å²) in [7, 11) is 1.58. The Balaban J connectivity index is 2.82. The van der Waals surface area contributed by atoms with Gasteiger partial charge in [0.15, 0.2) is 5.96 Å². The standard InChI is InChI=1S/C17H30N4O4S/c1-12(14-10-13(24-5)8-9-15(14)25-6)20-16(18-4)19-11-17(2,3)21-26(7,22)23/h8-10,12,21H,11H2,1-7H3,(H2,18,19,20). The fourth-order valence-electron chi connectivity index (χ4n) is 2.50. The maximum absolute atomic E-state index is 11.4. The van der Waals surface area contributed by atoms with Crippen molar-refractivity contribution in [1.82, 2.24) is 15.4 Å².